The van der Waals surface area contributed by atoms with Gasteiger partial charge in [0.15, 0.2) is 0 Å². The number of piperidine rings is 1. The molecule has 3 heterocycles. The number of nitrogens with two attached hydrogens (primary N) is 1. The second-order valence-corrected chi connectivity index (χ2v) is 11.3. The van der Waals surface area contributed by atoms with Gasteiger partial charge in [-0.05, 0) is 60.0 Å². The Kier molecular flexibility index (Phi) is 8.16. The first-order valence-corrected chi connectivity index (χ1v) is 14.7. The molecule has 0 aliphatic carbocycles. The van der Waals surface area contributed by atoms with E-state index in [2.05, 4.69) is 69.4 Å². The van der Waals surface area contributed by atoms with Gasteiger partial charge in [0.05, 0.1) is 11.7 Å². The molecular formula is C34H39N5O2. The number of nitrogens with one attached hydrogen (secondary N) is 1. The number of nitrogens with zero attached hydrogens (tertiary/aromatic N) is 3. The lowest BCUT2D eigenvalue weighted by atomic mass is 9.83. The summed E-state index contributed by atoms with van der Waals surface area (Å²) < 4.78 is 7.78. The quantitative estimate of drug-likeness (QED) is 0.215. The Morgan fingerprint density at radius 3 is 2.73 bits per heavy atom. The smallest absolute Gasteiger partial charge is 0.224 e. The minimum atomic E-state index is -0.352. The summed E-state index contributed by atoms with van der Waals surface area (Å²) in [6.45, 7) is 3.15. The molecule has 3 atom stereocenters. The van der Waals surface area contributed by atoms with Crippen LogP contribution in [-0.4, -0.2) is 58.4 Å². The van der Waals surface area contributed by atoms with E-state index in [9.17, 15) is 4.79 Å². The zero-order chi connectivity index (χ0) is 28.2. The maximum absolute atomic E-state index is 13.8. The third kappa shape index (κ3) is 5.78. The third-order valence-corrected chi connectivity index (χ3v) is 8.59. The Morgan fingerprint density at radius 2 is 1.88 bits per heavy atom. The van der Waals surface area contributed by atoms with Crippen LogP contribution in [0.4, 0.5) is 0 Å². The van der Waals surface area contributed by atoms with E-state index in [0.29, 0.717) is 12.3 Å². The van der Waals surface area contributed by atoms with Gasteiger partial charge in [0.25, 0.3) is 0 Å². The van der Waals surface area contributed by atoms with Gasteiger partial charge in [-0.15, -0.1) is 0 Å². The summed E-state index contributed by atoms with van der Waals surface area (Å²) in [6.07, 6.45) is 5.16. The van der Waals surface area contributed by atoms with Gasteiger partial charge >= 0.3 is 0 Å². The molecule has 6 rings (SSSR count). The zero-order valence-corrected chi connectivity index (χ0v) is 23.7. The molecule has 1 amide bonds. The molecule has 0 saturated carbocycles. The van der Waals surface area contributed by atoms with Crippen molar-refractivity contribution < 1.29 is 9.53 Å². The molecule has 41 heavy (non-hydrogen) atoms. The Hall–Kier alpha value is -3.94. The normalized spacial score (nSPS) is 17.2. The molecule has 212 valence electrons. The largest absolute Gasteiger partial charge is 0.385 e. The number of hydrogen-bond donors (Lipinski definition) is 2. The number of likely N-dealkylation sites (tertiary alicyclic amines) is 1. The van der Waals surface area contributed by atoms with Gasteiger partial charge < -0.3 is 19.9 Å². The summed E-state index contributed by atoms with van der Waals surface area (Å²) in [7, 11) is 1.75. The zero-order valence-electron chi connectivity index (χ0n) is 23.7. The highest BCUT2D eigenvalue weighted by Crippen LogP contribution is 2.34. The SMILES string of the molecule is COCCCn1c(C2CCCN(C(=O)C[C@@H](N)C(c3ccccc3)c3ccc4[nH]ncc4c3)C2)cc2ccccc21. The maximum Gasteiger partial charge on any atom is 0.224 e. The fourth-order valence-corrected chi connectivity index (χ4v) is 6.58. The lowest BCUT2D eigenvalue weighted by molar-refractivity contribution is -0.132. The number of rotatable bonds is 10. The fourth-order valence-electron chi connectivity index (χ4n) is 6.58. The highest BCUT2D eigenvalue weighted by Gasteiger charge is 2.31. The number of carbonyl (C=O) groups is 1. The van der Waals surface area contributed by atoms with Crippen molar-refractivity contribution in [3.63, 3.8) is 0 Å². The van der Waals surface area contributed by atoms with Gasteiger partial charge in [-0.25, -0.2) is 0 Å². The van der Waals surface area contributed by atoms with Crippen LogP contribution in [0.3, 0.4) is 0 Å². The second kappa shape index (κ2) is 12.3. The van der Waals surface area contributed by atoms with Crippen LogP contribution in [-0.2, 0) is 16.1 Å². The third-order valence-electron chi connectivity index (χ3n) is 8.59. The van der Waals surface area contributed by atoms with Crippen LogP contribution in [0.5, 0.6) is 0 Å². The van der Waals surface area contributed by atoms with E-state index in [1.54, 1.807) is 7.11 Å². The number of aromatic amines is 1. The van der Waals surface area contributed by atoms with Gasteiger partial charge in [0.2, 0.25) is 5.91 Å². The topological polar surface area (TPSA) is 89.2 Å². The molecule has 1 aliphatic heterocycles. The number of amides is 1. The van der Waals surface area contributed by atoms with Crippen molar-refractivity contribution in [3.8, 4) is 0 Å². The van der Waals surface area contributed by atoms with Gasteiger partial charge in [0.1, 0.15) is 0 Å². The number of para-hydroxylation sites is 1. The van der Waals surface area contributed by atoms with Gasteiger partial charge in [-0.1, -0.05) is 54.6 Å². The number of fused-ring (bicyclic) bond motifs is 2. The van der Waals surface area contributed by atoms with Gasteiger partial charge in [0, 0.05) is 74.2 Å². The summed E-state index contributed by atoms with van der Waals surface area (Å²) in [5.41, 5.74) is 12.7. The Bertz CT molecular complexity index is 1610. The molecule has 1 saturated heterocycles. The molecule has 3 N–H and O–H groups in total. The van der Waals surface area contributed by atoms with Crippen LogP contribution < -0.4 is 5.73 Å². The summed E-state index contributed by atoms with van der Waals surface area (Å²) in [5, 5.41) is 9.50. The van der Waals surface area contributed by atoms with Crippen LogP contribution in [0.1, 0.15) is 54.3 Å². The van der Waals surface area contributed by atoms with Crippen molar-refractivity contribution in [1.29, 1.82) is 0 Å². The van der Waals surface area contributed by atoms with Crippen molar-refractivity contribution >= 4 is 27.7 Å². The van der Waals surface area contributed by atoms with Crippen LogP contribution in [0.15, 0.2) is 85.1 Å². The van der Waals surface area contributed by atoms with Crippen LogP contribution in [0.25, 0.3) is 21.8 Å². The number of aryl methyl sites for hydroxylation is 1. The number of hydrogen-bond acceptors (Lipinski definition) is 4. The lowest BCUT2D eigenvalue weighted by Gasteiger charge is -2.35. The number of benzene rings is 3. The summed E-state index contributed by atoms with van der Waals surface area (Å²) in [6, 6.07) is 27.1. The van der Waals surface area contributed by atoms with Crippen molar-refractivity contribution in [2.45, 2.75) is 50.1 Å². The number of carbonyl (C=O) groups excluding carboxylic acids is 1. The molecular weight excluding hydrogens is 510 g/mol. The minimum absolute atomic E-state index is 0.0941. The summed E-state index contributed by atoms with van der Waals surface area (Å²) in [5.74, 6) is 0.338. The van der Waals surface area contributed by atoms with Crippen LogP contribution in [0.2, 0.25) is 0 Å². The van der Waals surface area contributed by atoms with Crippen molar-refractivity contribution in [2.75, 3.05) is 26.8 Å². The first-order chi connectivity index (χ1) is 20.1. The van der Waals surface area contributed by atoms with E-state index in [0.717, 1.165) is 67.5 Å². The highest BCUT2D eigenvalue weighted by atomic mass is 16.5. The molecule has 7 nitrogen and oxygen atoms in total. The lowest BCUT2D eigenvalue weighted by Crippen LogP contribution is -2.43. The molecule has 2 aromatic heterocycles. The van der Waals surface area contributed by atoms with Crippen LogP contribution >= 0.6 is 0 Å². The van der Waals surface area contributed by atoms with Crippen molar-refractivity contribution in [1.82, 2.24) is 19.7 Å². The molecule has 1 aliphatic rings. The number of aromatic nitrogens is 3. The fraction of sp³-hybridized carbons (Fsp3) is 0.353. The molecule has 7 heteroatoms. The number of H-pyrrole nitrogens is 1. The second-order valence-electron chi connectivity index (χ2n) is 11.3. The molecule has 1 fully saturated rings. The molecule has 0 radical (unpaired) electrons. The molecule has 2 unspecified atom stereocenters. The van der Waals surface area contributed by atoms with Gasteiger partial charge in [-0.3, -0.25) is 9.89 Å². The van der Waals surface area contributed by atoms with Gasteiger partial charge in [-0.2, -0.15) is 5.10 Å². The monoisotopic (exact) mass is 549 g/mol. The molecule has 0 bridgehead atoms. The molecule has 0 spiro atoms. The van der Waals surface area contributed by atoms with E-state index >= 15 is 0 Å². The van der Waals surface area contributed by atoms with Crippen molar-refractivity contribution in [2.24, 2.45) is 5.73 Å². The summed E-state index contributed by atoms with van der Waals surface area (Å²) >= 11 is 0. The van der Waals surface area contributed by atoms with E-state index in [1.165, 1.54) is 16.6 Å². The Balaban J connectivity index is 1.22. The number of ether oxygens (including phenoxy) is 1. The van der Waals surface area contributed by atoms with Crippen molar-refractivity contribution in [3.05, 3.63) is 102 Å². The van der Waals surface area contributed by atoms with E-state index < -0.39 is 0 Å². The predicted octanol–water partition coefficient (Wildman–Crippen LogP) is 5.81. The van der Waals surface area contributed by atoms with E-state index in [1.807, 2.05) is 35.4 Å². The van der Waals surface area contributed by atoms with E-state index in [4.69, 9.17) is 10.5 Å². The predicted molar refractivity (Wildman–Crippen MR) is 164 cm³/mol. The first kappa shape index (κ1) is 27.2. The summed E-state index contributed by atoms with van der Waals surface area (Å²) in [4.78, 5) is 15.8. The molecule has 3 aromatic carbocycles. The van der Waals surface area contributed by atoms with E-state index in [-0.39, 0.29) is 17.9 Å². The average molecular weight is 550 g/mol. The number of methoxy groups -OCH3 is 1. The Labute approximate surface area is 241 Å². The highest BCUT2D eigenvalue weighted by molar-refractivity contribution is 5.82. The minimum Gasteiger partial charge on any atom is -0.385 e. The Morgan fingerprint density at radius 1 is 1.05 bits per heavy atom. The standard InChI is InChI=1S/C34H39N5O2/c1-41-18-8-17-39-31-13-6-5-11-25(31)20-32(39)27-12-7-16-38(23-27)33(40)21-29(35)34(24-9-3-2-4-10-24)26-14-15-30-28(19-26)22-36-37-30/h2-6,9-11,13-15,19-20,22,27,29,34H,7-8,12,16-18,21,23,35H2,1H3,(H,36,37)/t27?,29-,34?/m1/s1. The first-order valence-electron chi connectivity index (χ1n) is 14.7. The maximum atomic E-state index is 13.8. The molecule has 5 aromatic rings. The average Bonchev–Trinajstić information content (AvgIpc) is 3.63. The van der Waals surface area contributed by atoms with Crippen LogP contribution in [0, 0.1) is 0 Å².